The van der Waals surface area contributed by atoms with Gasteiger partial charge in [0.1, 0.15) is 6.54 Å². The largest absolute Gasteiger partial charge is 0.369 e. The van der Waals surface area contributed by atoms with Crippen LogP contribution in [0, 0.1) is 0 Å². The number of hydrogen-bond acceptors (Lipinski definition) is 4. The third-order valence-corrected chi connectivity index (χ3v) is 4.79. The van der Waals surface area contributed by atoms with E-state index in [9.17, 15) is 0 Å². The molecule has 1 atom stereocenters. The molecule has 0 aliphatic carbocycles. The molecule has 1 saturated heterocycles. The lowest BCUT2D eigenvalue weighted by atomic mass is 10.1. The van der Waals surface area contributed by atoms with Crippen molar-refractivity contribution in [3.63, 3.8) is 0 Å². The zero-order valence-electron chi connectivity index (χ0n) is 17.0. The highest BCUT2D eigenvalue weighted by Gasteiger charge is 2.21. The summed E-state index contributed by atoms with van der Waals surface area (Å²) in [7, 11) is 0. The van der Waals surface area contributed by atoms with Gasteiger partial charge < -0.3 is 20.1 Å². The number of para-hydroxylation sites is 1. The molecule has 1 unspecified atom stereocenters. The van der Waals surface area contributed by atoms with E-state index in [0.29, 0.717) is 18.5 Å². The van der Waals surface area contributed by atoms with Gasteiger partial charge in [-0.3, -0.25) is 0 Å². The summed E-state index contributed by atoms with van der Waals surface area (Å²) in [6, 6.07) is 13.0. The molecule has 1 aromatic heterocycles. The van der Waals surface area contributed by atoms with Crippen molar-refractivity contribution in [2.45, 2.75) is 52.1 Å². The van der Waals surface area contributed by atoms with E-state index in [1.807, 2.05) is 6.07 Å². The van der Waals surface area contributed by atoms with Crippen LogP contribution in [0.2, 0.25) is 0 Å². The maximum atomic E-state index is 5.40. The summed E-state index contributed by atoms with van der Waals surface area (Å²) >= 11 is 0. The summed E-state index contributed by atoms with van der Waals surface area (Å²) in [6.07, 6.45) is 2.32. The molecule has 2 N–H and O–H groups in total. The first kappa shape index (κ1) is 22.5. The number of nitrogens with one attached hydrogen (secondary N) is 2. The van der Waals surface area contributed by atoms with E-state index in [2.05, 4.69) is 71.8 Å². The van der Waals surface area contributed by atoms with Gasteiger partial charge in [0.05, 0.1) is 5.69 Å². The number of guanidine groups is 1. The number of aromatic nitrogens is 1. The normalized spacial score (nSPS) is 17.4. The van der Waals surface area contributed by atoms with Gasteiger partial charge in [0.2, 0.25) is 0 Å². The van der Waals surface area contributed by atoms with Crippen molar-refractivity contribution in [3.8, 4) is 0 Å². The molecule has 0 saturated carbocycles. The van der Waals surface area contributed by atoms with Crippen molar-refractivity contribution >= 4 is 35.6 Å². The van der Waals surface area contributed by atoms with Gasteiger partial charge in [-0.1, -0.05) is 37.2 Å². The Morgan fingerprint density at radius 3 is 2.79 bits per heavy atom. The highest BCUT2D eigenvalue weighted by molar-refractivity contribution is 14.0. The maximum Gasteiger partial charge on any atom is 0.191 e. The Morgan fingerprint density at radius 2 is 2.11 bits per heavy atom. The molecule has 28 heavy (non-hydrogen) atoms. The molecule has 0 spiro atoms. The van der Waals surface area contributed by atoms with E-state index in [1.54, 1.807) is 0 Å². The minimum absolute atomic E-state index is 0. The van der Waals surface area contributed by atoms with E-state index >= 15 is 0 Å². The zero-order valence-corrected chi connectivity index (χ0v) is 19.3. The van der Waals surface area contributed by atoms with Crippen LogP contribution in [-0.4, -0.2) is 36.8 Å². The molecular weight excluding hydrogens is 465 g/mol. The number of rotatable bonds is 6. The average Bonchev–Trinajstić information content (AvgIpc) is 3.17. The summed E-state index contributed by atoms with van der Waals surface area (Å²) in [5.74, 6) is 1.99. The van der Waals surface area contributed by atoms with Crippen LogP contribution in [0.1, 0.15) is 51.0 Å². The fourth-order valence-electron chi connectivity index (χ4n) is 3.31. The summed E-state index contributed by atoms with van der Waals surface area (Å²) in [4.78, 5) is 7.13. The van der Waals surface area contributed by atoms with Crippen molar-refractivity contribution in [2.75, 3.05) is 24.5 Å². The molecular formula is C21H32IN5O. The molecule has 1 aliphatic rings. The average molecular weight is 497 g/mol. The predicted octanol–water partition coefficient (Wildman–Crippen LogP) is 4.14. The fourth-order valence-corrected chi connectivity index (χ4v) is 3.31. The van der Waals surface area contributed by atoms with Crippen molar-refractivity contribution in [1.29, 1.82) is 0 Å². The molecule has 0 radical (unpaired) electrons. The van der Waals surface area contributed by atoms with E-state index in [1.165, 1.54) is 12.1 Å². The van der Waals surface area contributed by atoms with Gasteiger partial charge in [-0.15, -0.1) is 24.0 Å². The number of anilines is 1. The molecule has 1 aromatic carbocycles. The second-order valence-corrected chi connectivity index (χ2v) is 7.33. The van der Waals surface area contributed by atoms with Crippen LogP contribution in [-0.2, 0) is 6.54 Å². The van der Waals surface area contributed by atoms with Crippen molar-refractivity contribution < 1.29 is 4.52 Å². The standard InChI is InChI=1S/C21H31N5O.HI/c1-4-22-21(23-14-19-13-20(16(2)3)25-27-19)24-17-9-8-12-26(15-17)18-10-6-5-7-11-18;/h5-7,10-11,13,16-17H,4,8-9,12,14-15H2,1-3H3,(H2,22,23,24);1H. The molecule has 6 nitrogen and oxygen atoms in total. The molecule has 154 valence electrons. The Balaban J connectivity index is 0.00000280. The van der Waals surface area contributed by atoms with Gasteiger partial charge in [0.25, 0.3) is 0 Å². The van der Waals surface area contributed by atoms with Gasteiger partial charge in [-0.05, 0) is 37.8 Å². The van der Waals surface area contributed by atoms with Crippen molar-refractivity contribution in [2.24, 2.45) is 4.99 Å². The topological polar surface area (TPSA) is 65.7 Å². The summed E-state index contributed by atoms with van der Waals surface area (Å²) in [5, 5.41) is 11.0. The molecule has 1 aliphatic heterocycles. The maximum absolute atomic E-state index is 5.40. The van der Waals surface area contributed by atoms with E-state index in [-0.39, 0.29) is 24.0 Å². The number of hydrogen-bond donors (Lipinski definition) is 2. The fraction of sp³-hybridized carbons (Fsp3) is 0.524. The number of aliphatic imine (C=N–C) groups is 1. The molecule has 0 amide bonds. The van der Waals surface area contributed by atoms with Crippen LogP contribution in [0.25, 0.3) is 0 Å². The Labute approximate surface area is 185 Å². The first-order chi connectivity index (χ1) is 13.2. The highest BCUT2D eigenvalue weighted by Crippen LogP contribution is 2.19. The third-order valence-electron chi connectivity index (χ3n) is 4.79. The van der Waals surface area contributed by atoms with E-state index in [0.717, 1.165) is 43.5 Å². The van der Waals surface area contributed by atoms with Crippen molar-refractivity contribution in [3.05, 3.63) is 47.9 Å². The first-order valence-corrected chi connectivity index (χ1v) is 9.96. The van der Waals surface area contributed by atoms with Crippen molar-refractivity contribution in [1.82, 2.24) is 15.8 Å². The summed E-state index contributed by atoms with van der Waals surface area (Å²) < 4.78 is 5.40. The summed E-state index contributed by atoms with van der Waals surface area (Å²) in [6.45, 7) is 9.70. The predicted molar refractivity (Wildman–Crippen MR) is 126 cm³/mol. The monoisotopic (exact) mass is 497 g/mol. The number of benzene rings is 1. The Hall–Kier alpha value is -1.77. The second kappa shape index (κ2) is 11.3. The number of halogens is 1. The van der Waals surface area contributed by atoms with Crippen LogP contribution in [0.5, 0.6) is 0 Å². The SMILES string of the molecule is CCNC(=NCc1cc(C(C)C)no1)NC1CCCN(c2ccccc2)C1.I. The lowest BCUT2D eigenvalue weighted by molar-refractivity contribution is 0.376. The smallest absolute Gasteiger partial charge is 0.191 e. The quantitative estimate of drug-likeness (QED) is 0.357. The van der Waals surface area contributed by atoms with Gasteiger partial charge in [0.15, 0.2) is 11.7 Å². The highest BCUT2D eigenvalue weighted by atomic mass is 127. The van der Waals surface area contributed by atoms with Crippen LogP contribution < -0.4 is 15.5 Å². The second-order valence-electron chi connectivity index (χ2n) is 7.33. The zero-order chi connectivity index (χ0) is 19.1. The molecule has 2 aromatic rings. The van der Waals surface area contributed by atoms with Crippen LogP contribution in [0.4, 0.5) is 5.69 Å². The molecule has 3 rings (SSSR count). The Bertz CT molecular complexity index is 731. The number of nitrogens with zero attached hydrogens (tertiary/aromatic N) is 3. The Morgan fingerprint density at radius 1 is 1.32 bits per heavy atom. The van der Waals surface area contributed by atoms with Gasteiger partial charge in [-0.25, -0.2) is 4.99 Å². The molecule has 2 heterocycles. The van der Waals surface area contributed by atoms with Gasteiger partial charge >= 0.3 is 0 Å². The lowest BCUT2D eigenvalue weighted by Gasteiger charge is -2.35. The first-order valence-electron chi connectivity index (χ1n) is 9.96. The minimum Gasteiger partial charge on any atom is -0.369 e. The summed E-state index contributed by atoms with van der Waals surface area (Å²) in [5.41, 5.74) is 2.26. The third kappa shape index (κ3) is 6.39. The van der Waals surface area contributed by atoms with E-state index < -0.39 is 0 Å². The molecule has 0 bridgehead atoms. The molecule has 1 fully saturated rings. The van der Waals surface area contributed by atoms with Gasteiger partial charge in [-0.2, -0.15) is 0 Å². The van der Waals surface area contributed by atoms with Crippen LogP contribution in [0.15, 0.2) is 45.9 Å². The van der Waals surface area contributed by atoms with Crippen LogP contribution >= 0.6 is 24.0 Å². The number of piperidine rings is 1. The lowest BCUT2D eigenvalue weighted by Crippen LogP contribution is -2.51. The van der Waals surface area contributed by atoms with Gasteiger partial charge in [0, 0.05) is 37.4 Å². The molecule has 7 heteroatoms. The minimum atomic E-state index is 0. The van der Waals surface area contributed by atoms with Crippen LogP contribution in [0.3, 0.4) is 0 Å². The van der Waals surface area contributed by atoms with E-state index in [4.69, 9.17) is 9.52 Å². The Kier molecular flexibility index (Phi) is 9.08.